The van der Waals surface area contributed by atoms with Gasteiger partial charge in [-0.05, 0) is 24.3 Å². The van der Waals surface area contributed by atoms with Gasteiger partial charge in [0.1, 0.15) is 11.5 Å². The lowest BCUT2D eigenvalue weighted by atomic mass is 10.2. The third-order valence-electron chi connectivity index (χ3n) is 4.31. The van der Waals surface area contributed by atoms with Crippen molar-refractivity contribution < 1.29 is 23.8 Å². The van der Waals surface area contributed by atoms with Crippen molar-refractivity contribution >= 4 is 34.9 Å². The zero-order chi connectivity index (χ0) is 20.6. The molecule has 1 saturated heterocycles. The number of benzene rings is 2. The van der Waals surface area contributed by atoms with Crippen LogP contribution < -0.4 is 19.7 Å². The van der Waals surface area contributed by atoms with Gasteiger partial charge in [-0.1, -0.05) is 30.7 Å². The van der Waals surface area contributed by atoms with Crippen molar-refractivity contribution in [3.63, 3.8) is 0 Å². The van der Waals surface area contributed by atoms with Crippen LogP contribution in [0.1, 0.15) is 13.3 Å². The second-order valence-electron chi connectivity index (χ2n) is 6.37. The fourth-order valence-corrected chi connectivity index (χ4v) is 3.03. The largest absolute Gasteiger partial charge is 0.482 e. The molecule has 1 aliphatic heterocycles. The van der Waals surface area contributed by atoms with Crippen LogP contribution in [-0.4, -0.2) is 44.8 Å². The van der Waals surface area contributed by atoms with Crippen molar-refractivity contribution in [1.29, 1.82) is 0 Å². The summed E-state index contributed by atoms with van der Waals surface area (Å²) in [4.78, 5) is 26.1. The van der Waals surface area contributed by atoms with Gasteiger partial charge in [0.05, 0.1) is 29.6 Å². The number of morpholine rings is 1. The van der Waals surface area contributed by atoms with E-state index in [1.54, 1.807) is 49.4 Å². The monoisotopic (exact) mass is 418 g/mol. The van der Waals surface area contributed by atoms with E-state index in [1.165, 1.54) is 0 Å². The quantitative estimate of drug-likeness (QED) is 0.547. The summed E-state index contributed by atoms with van der Waals surface area (Å²) in [7, 11) is 0. The number of nitrogens with zero attached hydrogens (tertiary/aromatic N) is 1. The minimum absolute atomic E-state index is 0.182. The molecule has 0 saturated carbocycles. The van der Waals surface area contributed by atoms with Gasteiger partial charge < -0.3 is 24.4 Å². The number of halogens is 1. The molecular formula is C21H23ClN2O5. The van der Waals surface area contributed by atoms with Crippen molar-refractivity contribution in [1.82, 2.24) is 0 Å². The normalized spacial score (nSPS) is 13.7. The summed E-state index contributed by atoms with van der Waals surface area (Å²) in [5.41, 5.74) is 1.37. The standard InChI is InChI=1S/C21H23ClN2O5/c1-2-21(26)29-15-7-8-17(18(13-15)24-9-11-27-12-10-24)23-20(25)14-28-19-6-4-3-5-16(19)22/h3-8,13H,2,9-12,14H2,1H3,(H,23,25). The number of para-hydroxylation sites is 1. The van der Waals surface area contributed by atoms with Gasteiger partial charge in [0.15, 0.2) is 6.61 Å². The first-order valence-corrected chi connectivity index (χ1v) is 9.79. The highest BCUT2D eigenvalue weighted by molar-refractivity contribution is 6.32. The maximum Gasteiger partial charge on any atom is 0.310 e. The Hall–Kier alpha value is -2.77. The topological polar surface area (TPSA) is 77.1 Å². The van der Waals surface area contributed by atoms with Crippen LogP contribution in [-0.2, 0) is 14.3 Å². The summed E-state index contributed by atoms with van der Waals surface area (Å²) in [6.45, 7) is 4.07. The Morgan fingerprint density at radius 3 is 2.66 bits per heavy atom. The average molecular weight is 419 g/mol. The molecule has 1 fully saturated rings. The molecular weight excluding hydrogens is 396 g/mol. The zero-order valence-corrected chi connectivity index (χ0v) is 16.9. The smallest absolute Gasteiger partial charge is 0.310 e. The van der Waals surface area contributed by atoms with Crippen LogP contribution in [0.2, 0.25) is 5.02 Å². The molecule has 1 aliphatic rings. The predicted molar refractivity (Wildman–Crippen MR) is 111 cm³/mol. The van der Waals surface area contributed by atoms with Crippen LogP contribution in [0.3, 0.4) is 0 Å². The minimum atomic E-state index is -0.322. The van der Waals surface area contributed by atoms with Gasteiger partial charge in [-0.15, -0.1) is 0 Å². The van der Waals surface area contributed by atoms with Gasteiger partial charge in [-0.25, -0.2) is 0 Å². The van der Waals surface area contributed by atoms with E-state index in [2.05, 4.69) is 10.2 Å². The second kappa shape index (κ2) is 10.1. The SMILES string of the molecule is CCC(=O)Oc1ccc(NC(=O)COc2ccccc2Cl)c(N2CCOCC2)c1. The number of carbonyl (C=O) groups is 2. The third kappa shape index (κ3) is 5.85. The molecule has 0 bridgehead atoms. The van der Waals surface area contributed by atoms with Crippen LogP contribution in [0.15, 0.2) is 42.5 Å². The van der Waals surface area contributed by atoms with Crippen LogP contribution in [0.25, 0.3) is 0 Å². The van der Waals surface area contributed by atoms with Gasteiger partial charge in [0.2, 0.25) is 0 Å². The molecule has 1 heterocycles. The molecule has 29 heavy (non-hydrogen) atoms. The summed E-state index contributed by atoms with van der Waals surface area (Å²) < 4.78 is 16.2. The van der Waals surface area contributed by atoms with E-state index < -0.39 is 0 Å². The van der Waals surface area contributed by atoms with Gasteiger partial charge in [0, 0.05) is 25.6 Å². The number of amides is 1. The molecule has 0 atom stereocenters. The average Bonchev–Trinajstić information content (AvgIpc) is 2.74. The first kappa shape index (κ1) is 21.0. The molecule has 0 aromatic heterocycles. The van der Waals surface area contributed by atoms with Gasteiger partial charge in [0.25, 0.3) is 5.91 Å². The lowest BCUT2D eigenvalue weighted by Crippen LogP contribution is -2.37. The Balaban J connectivity index is 1.73. The summed E-state index contributed by atoms with van der Waals surface area (Å²) in [5.74, 6) is 0.240. The molecule has 0 aliphatic carbocycles. The van der Waals surface area contributed by atoms with Crippen LogP contribution >= 0.6 is 11.6 Å². The number of carbonyl (C=O) groups excluding carboxylic acids is 2. The number of ether oxygens (including phenoxy) is 3. The Morgan fingerprint density at radius 2 is 1.93 bits per heavy atom. The molecule has 8 heteroatoms. The highest BCUT2D eigenvalue weighted by atomic mass is 35.5. The van der Waals surface area contributed by atoms with E-state index >= 15 is 0 Å². The molecule has 0 radical (unpaired) electrons. The Labute approximate surface area is 174 Å². The number of hydrogen-bond donors (Lipinski definition) is 1. The molecule has 154 valence electrons. The van der Waals surface area contributed by atoms with E-state index in [1.807, 2.05) is 0 Å². The van der Waals surface area contributed by atoms with Gasteiger partial charge in [-0.2, -0.15) is 0 Å². The van der Waals surface area contributed by atoms with Crippen molar-refractivity contribution in [2.75, 3.05) is 43.1 Å². The Morgan fingerprint density at radius 1 is 1.17 bits per heavy atom. The molecule has 0 unspecified atom stereocenters. The maximum atomic E-state index is 12.4. The minimum Gasteiger partial charge on any atom is -0.482 e. The van der Waals surface area contributed by atoms with Crippen LogP contribution in [0.5, 0.6) is 11.5 Å². The molecule has 7 nitrogen and oxygen atoms in total. The lowest BCUT2D eigenvalue weighted by molar-refractivity contribution is -0.134. The second-order valence-corrected chi connectivity index (χ2v) is 6.78. The first-order chi connectivity index (χ1) is 14.1. The lowest BCUT2D eigenvalue weighted by Gasteiger charge is -2.30. The molecule has 2 aromatic carbocycles. The molecule has 2 aromatic rings. The summed E-state index contributed by atoms with van der Waals surface area (Å²) in [6, 6.07) is 12.1. The van der Waals surface area contributed by atoms with E-state index in [0.29, 0.717) is 48.5 Å². The number of hydrogen-bond acceptors (Lipinski definition) is 6. The number of esters is 1. The van der Waals surface area contributed by atoms with Gasteiger partial charge >= 0.3 is 5.97 Å². The van der Waals surface area contributed by atoms with E-state index in [9.17, 15) is 9.59 Å². The highest BCUT2D eigenvalue weighted by Crippen LogP contribution is 2.31. The fraction of sp³-hybridized carbons (Fsp3) is 0.333. The van der Waals surface area contributed by atoms with E-state index in [4.69, 9.17) is 25.8 Å². The third-order valence-corrected chi connectivity index (χ3v) is 4.62. The van der Waals surface area contributed by atoms with Crippen molar-refractivity contribution in [2.24, 2.45) is 0 Å². The summed E-state index contributed by atoms with van der Waals surface area (Å²) in [5, 5.41) is 3.30. The molecule has 1 amide bonds. The summed E-state index contributed by atoms with van der Waals surface area (Å²) >= 11 is 6.05. The molecule has 3 rings (SSSR count). The maximum absolute atomic E-state index is 12.4. The number of rotatable bonds is 7. The predicted octanol–water partition coefficient (Wildman–Crippen LogP) is 3.51. The van der Waals surface area contributed by atoms with Crippen molar-refractivity contribution in [2.45, 2.75) is 13.3 Å². The summed E-state index contributed by atoms with van der Waals surface area (Å²) in [6.07, 6.45) is 0.282. The molecule has 0 spiro atoms. The van der Waals surface area contributed by atoms with Crippen LogP contribution in [0.4, 0.5) is 11.4 Å². The molecule has 1 N–H and O–H groups in total. The van der Waals surface area contributed by atoms with Crippen LogP contribution in [0, 0.1) is 0 Å². The van der Waals surface area contributed by atoms with Crippen molar-refractivity contribution in [3.8, 4) is 11.5 Å². The number of anilines is 2. The Bertz CT molecular complexity index is 868. The first-order valence-electron chi connectivity index (χ1n) is 9.41. The van der Waals surface area contributed by atoms with Crippen molar-refractivity contribution in [3.05, 3.63) is 47.5 Å². The zero-order valence-electron chi connectivity index (χ0n) is 16.2. The number of nitrogens with one attached hydrogen (secondary N) is 1. The fourth-order valence-electron chi connectivity index (χ4n) is 2.84. The van der Waals surface area contributed by atoms with Gasteiger partial charge in [-0.3, -0.25) is 9.59 Å². The van der Waals surface area contributed by atoms with E-state index in [0.717, 1.165) is 5.69 Å². The van der Waals surface area contributed by atoms with E-state index in [-0.39, 0.29) is 24.9 Å². The Kier molecular flexibility index (Phi) is 7.32. The highest BCUT2D eigenvalue weighted by Gasteiger charge is 2.18.